The average Bonchev–Trinajstić information content (AvgIpc) is 3.47. The maximum Gasteiger partial charge on any atom is 0.338 e. The van der Waals surface area contributed by atoms with Crippen LogP contribution in [0.5, 0.6) is 0 Å². The number of rotatable bonds is 6. The summed E-state index contributed by atoms with van der Waals surface area (Å²) >= 11 is 0. The zero-order valence-electron chi connectivity index (χ0n) is 20.3. The summed E-state index contributed by atoms with van der Waals surface area (Å²) < 4.78 is 33.0. The fraction of sp³-hybridized carbons (Fsp3) is 0.259. The number of nitrogens with zero attached hydrogens (tertiary/aromatic N) is 3. The third-order valence-corrected chi connectivity index (χ3v) is 6.35. The van der Waals surface area contributed by atoms with Crippen LogP contribution in [0.15, 0.2) is 60.8 Å². The van der Waals surface area contributed by atoms with Crippen LogP contribution in [-0.4, -0.2) is 51.9 Å². The molecule has 5 rings (SSSR count). The molecule has 1 unspecified atom stereocenters. The first-order valence-corrected chi connectivity index (χ1v) is 11.7. The van der Waals surface area contributed by atoms with Gasteiger partial charge in [0, 0.05) is 6.20 Å². The van der Waals surface area contributed by atoms with Crippen LogP contribution in [0.4, 0.5) is 10.2 Å². The number of halogens is 1. The lowest BCUT2D eigenvalue weighted by Gasteiger charge is -2.24. The van der Waals surface area contributed by atoms with Crippen molar-refractivity contribution in [3.05, 3.63) is 89.1 Å². The maximum absolute atomic E-state index is 14.0. The molecule has 0 aliphatic carbocycles. The summed E-state index contributed by atoms with van der Waals surface area (Å²) in [5.74, 6) is -1.09. The van der Waals surface area contributed by atoms with Crippen molar-refractivity contribution in [1.29, 1.82) is 0 Å². The number of aryl methyl sites for hydroxylation is 2. The van der Waals surface area contributed by atoms with Gasteiger partial charge in [-0.3, -0.25) is 0 Å². The Morgan fingerprint density at radius 1 is 1.00 bits per heavy atom. The van der Waals surface area contributed by atoms with E-state index < -0.39 is 36.3 Å². The number of ether oxygens (including phenoxy) is 3. The summed E-state index contributed by atoms with van der Waals surface area (Å²) in [6, 6.07) is 15.0. The summed E-state index contributed by atoms with van der Waals surface area (Å²) in [7, 11) is 0. The molecule has 2 aromatic carbocycles. The van der Waals surface area contributed by atoms with Crippen molar-refractivity contribution in [2.45, 2.75) is 32.1 Å². The Bertz CT molecular complexity index is 1450. The molecule has 1 saturated heterocycles. The van der Waals surface area contributed by atoms with Crippen LogP contribution in [0.2, 0.25) is 0 Å². The van der Waals surface area contributed by atoms with Crippen LogP contribution in [0, 0.1) is 19.9 Å². The fourth-order valence-electron chi connectivity index (χ4n) is 4.30. The van der Waals surface area contributed by atoms with E-state index >= 15 is 0 Å². The normalized spacial score (nSPS) is 19.2. The van der Waals surface area contributed by atoms with Crippen molar-refractivity contribution < 1.29 is 28.2 Å². The summed E-state index contributed by atoms with van der Waals surface area (Å²) in [6.07, 6.45) is -0.943. The van der Waals surface area contributed by atoms with Crippen LogP contribution in [0.1, 0.15) is 37.9 Å². The molecule has 2 N–H and O–H groups in total. The van der Waals surface area contributed by atoms with Gasteiger partial charge in [0.15, 0.2) is 6.10 Å². The molecule has 4 aromatic rings. The van der Waals surface area contributed by atoms with Gasteiger partial charge in [-0.2, -0.15) is 14.4 Å². The molecule has 3 heterocycles. The number of fused-ring (bicyclic) bond motifs is 1. The number of hydrogen-bond acceptors (Lipinski definition) is 8. The van der Waals surface area contributed by atoms with Crippen molar-refractivity contribution in [3.63, 3.8) is 0 Å². The van der Waals surface area contributed by atoms with Gasteiger partial charge in [-0.1, -0.05) is 35.4 Å². The molecule has 0 amide bonds. The number of nitrogen functional groups attached to an aromatic ring is 1. The molecular formula is C27H25FN4O5. The number of benzene rings is 2. The Labute approximate surface area is 212 Å². The lowest BCUT2D eigenvalue weighted by atomic mass is 10.1. The van der Waals surface area contributed by atoms with Crippen molar-refractivity contribution in [1.82, 2.24) is 14.5 Å². The van der Waals surface area contributed by atoms with Gasteiger partial charge in [-0.05, 0) is 44.2 Å². The molecule has 37 heavy (non-hydrogen) atoms. The number of anilines is 1. The molecule has 1 fully saturated rings. The molecule has 1 aliphatic heterocycles. The van der Waals surface area contributed by atoms with Gasteiger partial charge in [0.05, 0.1) is 29.2 Å². The van der Waals surface area contributed by atoms with Crippen LogP contribution in [0.25, 0.3) is 11.0 Å². The highest BCUT2D eigenvalue weighted by atomic mass is 19.1. The van der Waals surface area contributed by atoms with Crippen molar-refractivity contribution >= 4 is 28.8 Å². The second-order valence-electron chi connectivity index (χ2n) is 8.98. The van der Waals surface area contributed by atoms with E-state index in [1.54, 1.807) is 41.1 Å². The first kappa shape index (κ1) is 24.4. The summed E-state index contributed by atoms with van der Waals surface area (Å²) in [4.78, 5) is 33.1. The summed E-state index contributed by atoms with van der Waals surface area (Å²) in [5, 5.41) is 0.458. The highest BCUT2D eigenvalue weighted by molar-refractivity contribution is 5.90. The predicted molar refractivity (Wildman–Crippen MR) is 133 cm³/mol. The molecule has 190 valence electrons. The molecule has 1 aliphatic rings. The Balaban J connectivity index is 1.41. The zero-order valence-corrected chi connectivity index (χ0v) is 20.3. The molecule has 0 radical (unpaired) electrons. The number of carbonyl (C=O) groups excluding carboxylic acids is 2. The standard InChI is InChI=1S/C27H25FN4O5/c1-15-3-7-17(8-4-15)25(33)36-14-21-22(37-26(34)18-9-5-16(2)6-10-18)20(13-35-21)32-12-11-19-23(29)30-27(28)31-24(19)32/h3-12,20-22H,13-14H2,1-2H3,(H2,29,30,31)/t20?,21-,22+/m1/s1. The zero-order chi connectivity index (χ0) is 26.1. The second-order valence-corrected chi connectivity index (χ2v) is 8.98. The molecule has 3 atom stereocenters. The number of nitrogens with two attached hydrogens (primary N) is 1. The van der Waals surface area contributed by atoms with E-state index in [0.717, 1.165) is 11.1 Å². The number of aromatic nitrogens is 3. The third kappa shape index (κ3) is 5.01. The van der Waals surface area contributed by atoms with Crippen molar-refractivity contribution in [2.75, 3.05) is 18.9 Å². The number of carbonyl (C=O) groups is 2. The van der Waals surface area contributed by atoms with E-state index in [2.05, 4.69) is 9.97 Å². The number of hydrogen-bond donors (Lipinski definition) is 1. The van der Waals surface area contributed by atoms with Gasteiger partial charge in [-0.15, -0.1) is 0 Å². The van der Waals surface area contributed by atoms with Gasteiger partial charge < -0.3 is 24.5 Å². The highest BCUT2D eigenvalue weighted by Gasteiger charge is 2.43. The molecular weight excluding hydrogens is 479 g/mol. The van der Waals surface area contributed by atoms with Crippen LogP contribution in [0.3, 0.4) is 0 Å². The predicted octanol–water partition coefficient (Wildman–Crippen LogP) is 3.79. The second kappa shape index (κ2) is 9.98. The smallest absolute Gasteiger partial charge is 0.338 e. The van der Waals surface area contributed by atoms with E-state index in [4.69, 9.17) is 19.9 Å². The molecule has 9 nitrogen and oxygen atoms in total. The average molecular weight is 505 g/mol. The highest BCUT2D eigenvalue weighted by Crippen LogP contribution is 2.33. The Hall–Kier alpha value is -4.31. The molecule has 10 heteroatoms. The van der Waals surface area contributed by atoms with Gasteiger partial charge in [0.25, 0.3) is 0 Å². The van der Waals surface area contributed by atoms with E-state index in [-0.39, 0.29) is 24.7 Å². The third-order valence-electron chi connectivity index (χ3n) is 6.35. The summed E-state index contributed by atoms with van der Waals surface area (Å²) in [6.45, 7) is 3.79. The molecule has 0 spiro atoms. The quantitative estimate of drug-likeness (QED) is 0.311. The van der Waals surface area contributed by atoms with E-state index in [1.807, 2.05) is 38.1 Å². The number of esters is 2. The van der Waals surface area contributed by atoms with Crippen LogP contribution < -0.4 is 5.73 Å². The minimum atomic E-state index is -0.972. The lowest BCUT2D eigenvalue weighted by molar-refractivity contribution is -0.0307. The fourth-order valence-corrected chi connectivity index (χ4v) is 4.30. The van der Waals surface area contributed by atoms with Gasteiger partial charge in [0.2, 0.25) is 0 Å². The SMILES string of the molecule is Cc1ccc(C(=O)OC[C@H]2OCC(n3ccc4c(N)nc(F)nc43)[C@@H]2OC(=O)c2ccc(C)cc2)cc1. The Morgan fingerprint density at radius 2 is 1.62 bits per heavy atom. The lowest BCUT2D eigenvalue weighted by Crippen LogP contribution is -2.36. The van der Waals surface area contributed by atoms with Crippen molar-refractivity contribution in [3.8, 4) is 0 Å². The Morgan fingerprint density at radius 3 is 2.27 bits per heavy atom. The van der Waals surface area contributed by atoms with Gasteiger partial charge in [-0.25, -0.2) is 9.59 Å². The molecule has 0 saturated carbocycles. The Kier molecular flexibility index (Phi) is 6.58. The van der Waals surface area contributed by atoms with Crippen molar-refractivity contribution in [2.24, 2.45) is 0 Å². The monoisotopic (exact) mass is 504 g/mol. The molecule has 0 bridgehead atoms. The maximum atomic E-state index is 14.0. The van der Waals surface area contributed by atoms with Gasteiger partial charge in [0.1, 0.15) is 24.2 Å². The van der Waals surface area contributed by atoms with Crippen LogP contribution >= 0.6 is 0 Å². The summed E-state index contributed by atoms with van der Waals surface area (Å²) in [5.41, 5.74) is 8.88. The topological polar surface area (TPSA) is 119 Å². The van der Waals surface area contributed by atoms with Gasteiger partial charge >= 0.3 is 18.0 Å². The molecule has 2 aromatic heterocycles. The first-order chi connectivity index (χ1) is 17.8. The minimum Gasteiger partial charge on any atom is -0.459 e. The largest absolute Gasteiger partial charge is 0.459 e. The van der Waals surface area contributed by atoms with E-state index in [9.17, 15) is 14.0 Å². The van der Waals surface area contributed by atoms with E-state index in [1.165, 1.54) is 0 Å². The minimum absolute atomic E-state index is 0.00283. The van der Waals surface area contributed by atoms with E-state index in [0.29, 0.717) is 16.5 Å². The first-order valence-electron chi connectivity index (χ1n) is 11.7. The van der Waals surface area contributed by atoms with Crippen LogP contribution in [-0.2, 0) is 14.2 Å².